The second-order valence-electron chi connectivity index (χ2n) is 6.54. The van der Waals surface area contributed by atoms with Gasteiger partial charge in [0.2, 0.25) is 5.95 Å². The summed E-state index contributed by atoms with van der Waals surface area (Å²) in [6.07, 6.45) is 1.98. The van der Waals surface area contributed by atoms with E-state index in [4.69, 9.17) is 5.73 Å². The highest BCUT2D eigenvalue weighted by Crippen LogP contribution is 2.27. The van der Waals surface area contributed by atoms with Crippen molar-refractivity contribution in [2.75, 3.05) is 18.8 Å². The van der Waals surface area contributed by atoms with Crippen molar-refractivity contribution in [3.63, 3.8) is 0 Å². The number of nitrogen functional groups attached to an aromatic ring is 1. The van der Waals surface area contributed by atoms with Crippen LogP contribution in [0.1, 0.15) is 45.6 Å². The lowest BCUT2D eigenvalue weighted by atomic mass is 9.96. The van der Waals surface area contributed by atoms with Crippen LogP contribution in [0.25, 0.3) is 0 Å². The molecular weight excluding hydrogens is 367 g/mol. The molecule has 0 bridgehead atoms. The first-order valence-electron chi connectivity index (χ1n) is 8.75. The summed E-state index contributed by atoms with van der Waals surface area (Å²) in [7, 11) is 0. The summed E-state index contributed by atoms with van der Waals surface area (Å²) < 4.78 is 13.8. The van der Waals surface area contributed by atoms with Crippen LogP contribution in [-0.2, 0) is 6.42 Å². The van der Waals surface area contributed by atoms with Crippen molar-refractivity contribution in [3.05, 3.63) is 57.6 Å². The molecule has 2 aromatic heterocycles. The molecule has 7 nitrogen and oxygen atoms in total. The molecule has 1 saturated heterocycles. The van der Waals surface area contributed by atoms with E-state index in [1.807, 2.05) is 0 Å². The lowest BCUT2D eigenvalue weighted by molar-refractivity contribution is 0.0706. The Kier molecular flexibility index (Phi) is 4.85. The van der Waals surface area contributed by atoms with E-state index in [-0.39, 0.29) is 23.6 Å². The minimum Gasteiger partial charge on any atom is -0.367 e. The lowest BCUT2D eigenvalue weighted by Gasteiger charge is -2.30. The average Bonchev–Trinajstić information content (AvgIpc) is 3.32. The number of rotatable bonds is 4. The van der Waals surface area contributed by atoms with Crippen LogP contribution in [-0.4, -0.2) is 44.1 Å². The van der Waals surface area contributed by atoms with Gasteiger partial charge in [0.25, 0.3) is 5.91 Å². The van der Waals surface area contributed by atoms with E-state index >= 15 is 0 Å². The summed E-state index contributed by atoms with van der Waals surface area (Å²) in [4.78, 5) is 23.1. The first-order chi connectivity index (χ1) is 13.1. The van der Waals surface area contributed by atoms with E-state index in [9.17, 15) is 9.18 Å². The third-order valence-electron chi connectivity index (χ3n) is 4.76. The fraction of sp³-hybridized carbons (Fsp3) is 0.333. The normalized spacial score (nSPS) is 15.2. The summed E-state index contributed by atoms with van der Waals surface area (Å²) >= 11 is 1.38. The monoisotopic (exact) mass is 386 g/mol. The fourth-order valence-electron chi connectivity index (χ4n) is 3.28. The summed E-state index contributed by atoms with van der Waals surface area (Å²) in [6, 6.07) is 6.62. The third-order valence-corrected chi connectivity index (χ3v) is 5.61. The van der Waals surface area contributed by atoms with Gasteiger partial charge in [0.15, 0.2) is 0 Å². The molecule has 0 aliphatic carbocycles. The Morgan fingerprint density at radius 2 is 2.07 bits per heavy atom. The smallest absolute Gasteiger partial charge is 0.273 e. The van der Waals surface area contributed by atoms with Crippen LogP contribution in [0.15, 0.2) is 29.6 Å². The van der Waals surface area contributed by atoms with E-state index < -0.39 is 0 Å². The summed E-state index contributed by atoms with van der Waals surface area (Å²) in [5.41, 5.74) is 6.56. The van der Waals surface area contributed by atoms with Crippen molar-refractivity contribution in [2.24, 2.45) is 0 Å². The van der Waals surface area contributed by atoms with Crippen LogP contribution in [0.3, 0.4) is 0 Å². The summed E-state index contributed by atoms with van der Waals surface area (Å²) in [5.74, 6) is 0.914. The Morgan fingerprint density at radius 3 is 2.78 bits per heavy atom. The molecule has 27 heavy (non-hydrogen) atoms. The minimum absolute atomic E-state index is 0.0819. The molecule has 4 rings (SSSR count). The van der Waals surface area contributed by atoms with Crippen molar-refractivity contribution in [1.82, 2.24) is 25.1 Å². The molecule has 3 heterocycles. The quantitative estimate of drug-likeness (QED) is 0.718. The van der Waals surface area contributed by atoms with Gasteiger partial charge in [0.05, 0.1) is 5.01 Å². The fourth-order valence-corrected chi connectivity index (χ4v) is 4.07. The maximum atomic E-state index is 13.8. The first-order valence-corrected chi connectivity index (χ1v) is 9.63. The molecule has 0 spiro atoms. The van der Waals surface area contributed by atoms with Gasteiger partial charge in [-0.2, -0.15) is 4.98 Å². The van der Waals surface area contributed by atoms with Gasteiger partial charge < -0.3 is 10.6 Å². The van der Waals surface area contributed by atoms with Crippen LogP contribution >= 0.6 is 11.3 Å². The Labute approximate surface area is 159 Å². The summed E-state index contributed by atoms with van der Waals surface area (Å²) in [5, 5.41) is 9.20. The van der Waals surface area contributed by atoms with E-state index in [0.29, 0.717) is 30.8 Å². The second kappa shape index (κ2) is 7.43. The van der Waals surface area contributed by atoms with E-state index in [1.54, 1.807) is 28.5 Å². The number of likely N-dealkylation sites (tertiary alicyclic amines) is 1. The van der Waals surface area contributed by atoms with Gasteiger partial charge in [0, 0.05) is 30.8 Å². The highest BCUT2D eigenvalue weighted by molar-refractivity contribution is 7.09. The molecular formula is C18H19FN6OS. The van der Waals surface area contributed by atoms with E-state index in [0.717, 1.165) is 23.7 Å². The number of aromatic amines is 1. The maximum Gasteiger partial charge on any atom is 0.273 e. The number of piperidine rings is 1. The Balaban J connectivity index is 1.38. The lowest BCUT2D eigenvalue weighted by Crippen LogP contribution is -2.38. The maximum absolute atomic E-state index is 13.8. The largest absolute Gasteiger partial charge is 0.367 e. The van der Waals surface area contributed by atoms with Gasteiger partial charge in [-0.25, -0.2) is 9.37 Å². The van der Waals surface area contributed by atoms with Crippen molar-refractivity contribution >= 4 is 23.2 Å². The standard InChI is InChI=1S/C18H19FN6OS/c19-13-4-2-1-3-12(13)9-15-21-14(10-27-15)17(26)25-7-5-11(6-8-25)16-22-18(20)24-23-16/h1-4,10-11H,5-9H2,(H3,20,22,23,24). The molecule has 1 aliphatic heterocycles. The minimum atomic E-state index is -0.254. The van der Waals surface area contributed by atoms with Crippen LogP contribution in [0.5, 0.6) is 0 Å². The predicted molar refractivity (Wildman–Crippen MR) is 100.0 cm³/mol. The number of halogens is 1. The molecule has 3 N–H and O–H groups in total. The topological polar surface area (TPSA) is 101 Å². The van der Waals surface area contributed by atoms with Crippen molar-refractivity contribution in [2.45, 2.75) is 25.2 Å². The molecule has 0 saturated carbocycles. The molecule has 0 atom stereocenters. The molecule has 0 radical (unpaired) electrons. The van der Waals surface area contributed by atoms with Gasteiger partial charge in [-0.05, 0) is 24.5 Å². The molecule has 140 valence electrons. The third kappa shape index (κ3) is 3.82. The Hall–Kier alpha value is -2.81. The van der Waals surface area contributed by atoms with Crippen molar-refractivity contribution < 1.29 is 9.18 Å². The highest BCUT2D eigenvalue weighted by Gasteiger charge is 2.27. The number of amides is 1. The number of nitrogens with zero attached hydrogens (tertiary/aromatic N) is 4. The van der Waals surface area contributed by atoms with E-state index in [1.165, 1.54) is 17.4 Å². The van der Waals surface area contributed by atoms with Crippen LogP contribution in [0, 0.1) is 5.82 Å². The van der Waals surface area contributed by atoms with Gasteiger partial charge in [0.1, 0.15) is 17.3 Å². The van der Waals surface area contributed by atoms with Gasteiger partial charge in [-0.3, -0.25) is 9.89 Å². The van der Waals surface area contributed by atoms with Crippen molar-refractivity contribution in [1.29, 1.82) is 0 Å². The molecule has 1 aliphatic rings. The van der Waals surface area contributed by atoms with Gasteiger partial charge in [-0.1, -0.05) is 18.2 Å². The molecule has 1 amide bonds. The molecule has 1 fully saturated rings. The number of nitrogens with one attached hydrogen (secondary N) is 1. The van der Waals surface area contributed by atoms with Crippen LogP contribution in [0.2, 0.25) is 0 Å². The Morgan fingerprint density at radius 1 is 1.30 bits per heavy atom. The van der Waals surface area contributed by atoms with Gasteiger partial charge >= 0.3 is 0 Å². The number of aromatic nitrogens is 4. The van der Waals surface area contributed by atoms with Crippen LogP contribution < -0.4 is 5.73 Å². The first kappa shape index (κ1) is 17.6. The number of carbonyl (C=O) groups is 1. The number of benzene rings is 1. The van der Waals surface area contributed by atoms with E-state index in [2.05, 4.69) is 20.2 Å². The number of hydrogen-bond acceptors (Lipinski definition) is 6. The SMILES string of the molecule is Nc1n[nH]c(C2CCN(C(=O)c3csc(Cc4ccccc4F)n3)CC2)n1. The van der Waals surface area contributed by atoms with Crippen molar-refractivity contribution in [3.8, 4) is 0 Å². The van der Waals surface area contributed by atoms with Gasteiger partial charge in [-0.15, -0.1) is 16.4 Å². The number of anilines is 1. The zero-order valence-electron chi connectivity index (χ0n) is 14.6. The number of H-pyrrole nitrogens is 1. The average molecular weight is 386 g/mol. The number of thiazole rings is 1. The highest BCUT2D eigenvalue weighted by atomic mass is 32.1. The zero-order valence-corrected chi connectivity index (χ0v) is 15.4. The Bertz CT molecular complexity index is 947. The molecule has 0 unspecified atom stereocenters. The summed E-state index contributed by atoms with van der Waals surface area (Å²) in [6.45, 7) is 1.26. The van der Waals surface area contributed by atoms with Crippen LogP contribution in [0.4, 0.5) is 10.3 Å². The molecule has 9 heteroatoms. The predicted octanol–water partition coefficient (Wildman–Crippen LogP) is 2.59. The number of hydrogen-bond donors (Lipinski definition) is 2. The second-order valence-corrected chi connectivity index (χ2v) is 7.48. The number of nitrogens with two attached hydrogens (primary N) is 1. The molecule has 3 aromatic rings. The zero-order chi connectivity index (χ0) is 18.8. The molecule has 1 aromatic carbocycles. The number of carbonyl (C=O) groups excluding carboxylic acids is 1.